The van der Waals surface area contributed by atoms with Crippen LogP contribution in [0.15, 0.2) is 0 Å². The summed E-state index contributed by atoms with van der Waals surface area (Å²) < 4.78 is 27.4. The Labute approximate surface area is 125 Å². The first-order chi connectivity index (χ1) is 9.35. The van der Waals surface area contributed by atoms with E-state index in [-0.39, 0.29) is 6.04 Å². The van der Waals surface area contributed by atoms with Gasteiger partial charge in [0.2, 0.25) is 0 Å². The quantitative estimate of drug-likeness (QED) is 0.720. The molecule has 0 aromatic rings. The summed E-state index contributed by atoms with van der Waals surface area (Å²) in [6.45, 7) is 7.72. The second-order valence-corrected chi connectivity index (χ2v) is 8.14. The van der Waals surface area contributed by atoms with E-state index >= 15 is 0 Å². The van der Waals surface area contributed by atoms with Gasteiger partial charge in [-0.2, -0.15) is 17.0 Å². The summed E-state index contributed by atoms with van der Waals surface area (Å²) in [6, 6.07) is -0.00643. The summed E-state index contributed by atoms with van der Waals surface area (Å²) in [5.41, 5.74) is 0. The molecule has 1 saturated heterocycles. The SMILES string of the molecule is CC(C)N(C)S(=O)(=O)N(C)CCCN1CCCCCC1. The number of hydrogen-bond donors (Lipinski definition) is 0. The summed E-state index contributed by atoms with van der Waals surface area (Å²) in [6.07, 6.45) is 6.14. The predicted octanol–water partition coefficient (Wildman–Crippen LogP) is 1.77. The van der Waals surface area contributed by atoms with Crippen LogP contribution in [0.4, 0.5) is 0 Å². The molecule has 0 aliphatic carbocycles. The van der Waals surface area contributed by atoms with E-state index < -0.39 is 10.2 Å². The molecule has 1 heterocycles. The highest BCUT2D eigenvalue weighted by molar-refractivity contribution is 7.86. The van der Waals surface area contributed by atoms with Gasteiger partial charge in [0.05, 0.1) is 0 Å². The molecule has 20 heavy (non-hydrogen) atoms. The molecule has 5 nitrogen and oxygen atoms in total. The standard InChI is InChI=1S/C14H31N3O2S/c1-14(2)16(4)20(18,19)15(3)10-9-13-17-11-7-5-6-8-12-17/h14H,5-13H2,1-4H3. The van der Waals surface area contributed by atoms with Crippen molar-refractivity contribution in [3.63, 3.8) is 0 Å². The zero-order chi connectivity index (χ0) is 15.2. The van der Waals surface area contributed by atoms with E-state index in [2.05, 4.69) is 4.90 Å². The van der Waals surface area contributed by atoms with Crippen molar-refractivity contribution in [2.45, 2.75) is 52.0 Å². The molecule has 0 saturated carbocycles. The second-order valence-electron chi connectivity index (χ2n) is 6.05. The average Bonchev–Trinajstić information content (AvgIpc) is 2.66. The van der Waals surface area contributed by atoms with Gasteiger partial charge in [-0.25, -0.2) is 0 Å². The normalized spacial score (nSPS) is 18.9. The number of nitrogens with zero attached hydrogens (tertiary/aromatic N) is 3. The minimum absolute atomic E-state index is 0.00643. The Morgan fingerprint density at radius 3 is 2.10 bits per heavy atom. The van der Waals surface area contributed by atoms with Crippen molar-refractivity contribution in [2.24, 2.45) is 0 Å². The van der Waals surface area contributed by atoms with Crippen molar-refractivity contribution in [1.29, 1.82) is 0 Å². The third-order valence-corrected chi connectivity index (χ3v) is 6.25. The highest BCUT2D eigenvalue weighted by Gasteiger charge is 2.25. The van der Waals surface area contributed by atoms with E-state index in [9.17, 15) is 8.42 Å². The highest BCUT2D eigenvalue weighted by Crippen LogP contribution is 2.11. The van der Waals surface area contributed by atoms with Crippen molar-refractivity contribution in [3.8, 4) is 0 Å². The molecule has 1 aliphatic heterocycles. The van der Waals surface area contributed by atoms with E-state index in [4.69, 9.17) is 0 Å². The Morgan fingerprint density at radius 2 is 1.60 bits per heavy atom. The third-order valence-electron chi connectivity index (χ3n) is 4.13. The highest BCUT2D eigenvalue weighted by atomic mass is 32.2. The molecule has 1 fully saturated rings. The Morgan fingerprint density at radius 1 is 1.05 bits per heavy atom. The first-order valence-electron chi connectivity index (χ1n) is 7.77. The minimum atomic E-state index is -3.30. The van der Waals surface area contributed by atoms with Crippen molar-refractivity contribution in [2.75, 3.05) is 40.3 Å². The monoisotopic (exact) mass is 305 g/mol. The molecule has 0 radical (unpaired) electrons. The maximum atomic E-state index is 12.2. The first-order valence-corrected chi connectivity index (χ1v) is 9.17. The number of rotatable bonds is 7. The van der Waals surface area contributed by atoms with Crippen LogP contribution in [0.3, 0.4) is 0 Å². The number of likely N-dealkylation sites (tertiary alicyclic amines) is 1. The third kappa shape index (κ3) is 5.31. The topological polar surface area (TPSA) is 43.9 Å². The summed E-state index contributed by atoms with van der Waals surface area (Å²) in [5.74, 6) is 0. The van der Waals surface area contributed by atoms with Gasteiger partial charge in [0, 0.05) is 26.7 Å². The lowest BCUT2D eigenvalue weighted by Gasteiger charge is -2.28. The lowest BCUT2D eigenvalue weighted by molar-refractivity contribution is 0.269. The maximum absolute atomic E-state index is 12.2. The average molecular weight is 305 g/mol. The molecule has 0 unspecified atom stereocenters. The van der Waals surface area contributed by atoms with Crippen LogP contribution >= 0.6 is 0 Å². The van der Waals surface area contributed by atoms with Crippen LogP contribution < -0.4 is 0 Å². The molecule has 0 amide bonds. The molecule has 1 aliphatic rings. The van der Waals surface area contributed by atoms with Gasteiger partial charge < -0.3 is 4.90 Å². The molecule has 6 heteroatoms. The smallest absolute Gasteiger partial charge is 0.281 e. The Hall–Kier alpha value is -0.170. The maximum Gasteiger partial charge on any atom is 0.281 e. The van der Waals surface area contributed by atoms with Gasteiger partial charge in [-0.1, -0.05) is 12.8 Å². The largest absolute Gasteiger partial charge is 0.303 e. The zero-order valence-electron chi connectivity index (χ0n) is 13.5. The van der Waals surface area contributed by atoms with Crippen molar-refractivity contribution >= 4 is 10.2 Å². The summed E-state index contributed by atoms with van der Waals surface area (Å²) in [4.78, 5) is 2.47. The molecule has 0 bridgehead atoms. The summed E-state index contributed by atoms with van der Waals surface area (Å²) in [5, 5.41) is 0. The van der Waals surface area contributed by atoms with E-state index in [0.29, 0.717) is 6.54 Å². The molecular formula is C14H31N3O2S. The van der Waals surface area contributed by atoms with Crippen LogP contribution in [0.25, 0.3) is 0 Å². The molecular weight excluding hydrogens is 274 g/mol. The molecule has 0 aromatic heterocycles. The molecule has 0 aromatic carbocycles. The first kappa shape index (κ1) is 17.9. The van der Waals surface area contributed by atoms with Crippen LogP contribution in [0.1, 0.15) is 46.0 Å². The van der Waals surface area contributed by atoms with Crippen molar-refractivity contribution < 1.29 is 8.42 Å². The van der Waals surface area contributed by atoms with E-state index in [0.717, 1.165) is 13.0 Å². The van der Waals surface area contributed by atoms with Crippen molar-refractivity contribution in [3.05, 3.63) is 0 Å². The predicted molar refractivity (Wildman–Crippen MR) is 84.0 cm³/mol. The van der Waals surface area contributed by atoms with E-state index in [1.54, 1.807) is 14.1 Å². The van der Waals surface area contributed by atoms with Crippen LogP contribution in [0.5, 0.6) is 0 Å². The van der Waals surface area contributed by atoms with E-state index in [1.807, 2.05) is 13.8 Å². The van der Waals surface area contributed by atoms with Gasteiger partial charge >= 0.3 is 0 Å². The van der Waals surface area contributed by atoms with Crippen LogP contribution in [-0.4, -0.2) is 68.2 Å². The van der Waals surface area contributed by atoms with Crippen LogP contribution in [-0.2, 0) is 10.2 Å². The van der Waals surface area contributed by atoms with Gasteiger partial charge in [-0.05, 0) is 52.7 Å². The molecule has 0 N–H and O–H groups in total. The molecule has 0 atom stereocenters. The van der Waals surface area contributed by atoms with Gasteiger partial charge in [-0.15, -0.1) is 0 Å². The zero-order valence-corrected chi connectivity index (χ0v) is 14.3. The Kier molecular flexibility index (Phi) is 7.43. The van der Waals surface area contributed by atoms with Gasteiger partial charge in [-0.3, -0.25) is 0 Å². The van der Waals surface area contributed by atoms with Gasteiger partial charge in [0.25, 0.3) is 10.2 Å². The fraction of sp³-hybridized carbons (Fsp3) is 1.00. The van der Waals surface area contributed by atoms with Crippen LogP contribution in [0, 0.1) is 0 Å². The van der Waals surface area contributed by atoms with Crippen LogP contribution in [0.2, 0.25) is 0 Å². The molecule has 1 rings (SSSR count). The fourth-order valence-corrected chi connectivity index (χ4v) is 3.81. The second kappa shape index (κ2) is 8.32. The summed E-state index contributed by atoms with van der Waals surface area (Å²) in [7, 11) is 0.0211. The molecule has 0 spiro atoms. The van der Waals surface area contributed by atoms with Gasteiger partial charge in [0.1, 0.15) is 0 Å². The lowest BCUT2D eigenvalue weighted by atomic mass is 10.2. The summed E-state index contributed by atoms with van der Waals surface area (Å²) >= 11 is 0. The Balaban J connectivity index is 2.36. The van der Waals surface area contributed by atoms with Gasteiger partial charge in [0.15, 0.2) is 0 Å². The minimum Gasteiger partial charge on any atom is -0.303 e. The van der Waals surface area contributed by atoms with E-state index in [1.165, 1.54) is 47.4 Å². The molecule has 120 valence electrons. The number of hydrogen-bond acceptors (Lipinski definition) is 3. The Bertz CT molecular complexity index is 363. The fourth-order valence-electron chi connectivity index (χ4n) is 2.48. The lowest BCUT2D eigenvalue weighted by Crippen LogP contribution is -2.43. The van der Waals surface area contributed by atoms with Crippen molar-refractivity contribution in [1.82, 2.24) is 13.5 Å².